The van der Waals surface area contributed by atoms with Gasteiger partial charge in [0.05, 0.1) is 0 Å². The van der Waals surface area contributed by atoms with Gasteiger partial charge in [0.1, 0.15) is 0 Å². The minimum absolute atomic E-state index is 0.609. The fourth-order valence-electron chi connectivity index (χ4n) is 1.59. The Morgan fingerprint density at radius 3 is 2.92 bits per heavy atom. The van der Waals surface area contributed by atoms with E-state index < -0.39 is 0 Å². The van der Waals surface area contributed by atoms with Gasteiger partial charge < -0.3 is 5.32 Å². The van der Waals surface area contributed by atoms with Crippen LogP contribution in [0.2, 0.25) is 0 Å². The van der Waals surface area contributed by atoms with Crippen molar-refractivity contribution in [2.24, 2.45) is 0 Å². The van der Waals surface area contributed by atoms with Crippen molar-refractivity contribution >= 4 is 11.8 Å². The van der Waals surface area contributed by atoms with Crippen LogP contribution in [0.4, 0.5) is 5.69 Å². The summed E-state index contributed by atoms with van der Waals surface area (Å²) in [6, 6.07) is 6.65. The van der Waals surface area contributed by atoms with Gasteiger partial charge in [-0.2, -0.15) is 0 Å². The summed E-state index contributed by atoms with van der Waals surface area (Å²) in [6.45, 7) is 5.40. The molecule has 1 aromatic carbocycles. The van der Waals surface area contributed by atoms with E-state index in [1.54, 1.807) is 0 Å². The van der Waals surface area contributed by atoms with Gasteiger partial charge in [-0.1, -0.05) is 38.1 Å². The van der Waals surface area contributed by atoms with Crippen LogP contribution in [0, 0.1) is 0 Å². The maximum atomic E-state index is 3.37. The Morgan fingerprint density at radius 1 is 1.31 bits per heavy atom. The van der Waals surface area contributed by atoms with E-state index >= 15 is 0 Å². The lowest BCUT2D eigenvalue weighted by atomic mass is 9.99. The third kappa shape index (κ3) is 1.59. The topological polar surface area (TPSA) is 12.0 Å². The van der Waals surface area contributed by atoms with Gasteiger partial charge in [0.15, 0.2) is 0 Å². The number of anilines is 1. The van der Waals surface area contributed by atoms with Crippen LogP contribution in [0.25, 0.3) is 6.08 Å². The molecule has 0 amide bonds. The number of benzene rings is 1. The molecule has 1 N–H and O–H groups in total. The van der Waals surface area contributed by atoms with E-state index in [0.717, 1.165) is 6.54 Å². The minimum Gasteiger partial charge on any atom is -0.381 e. The highest BCUT2D eigenvalue weighted by atomic mass is 14.9. The Kier molecular flexibility index (Phi) is 2.09. The van der Waals surface area contributed by atoms with Gasteiger partial charge in [-0.25, -0.2) is 0 Å². The van der Waals surface area contributed by atoms with Crippen LogP contribution in [0.5, 0.6) is 0 Å². The van der Waals surface area contributed by atoms with E-state index in [2.05, 4.69) is 49.5 Å². The van der Waals surface area contributed by atoms with Crippen molar-refractivity contribution < 1.29 is 0 Å². The largest absolute Gasteiger partial charge is 0.381 e. The average Bonchev–Trinajstić information content (AvgIpc) is 2.17. The second kappa shape index (κ2) is 3.25. The van der Waals surface area contributed by atoms with Gasteiger partial charge in [0, 0.05) is 12.2 Å². The van der Waals surface area contributed by atoms with Gasteiger partial charge in [-0.3, -0.25) is 0 Å². The predicted molar refractivity (Wildman–Crippen MR) is 58.1 cm³/mol. The molecular formula is C12H15N. The van der Waals surface area contributed by atoms with Crippen LogP contribution in [0.15, 0.2) is 24.3 Å². The lowest BCUT2D eigenvalue weighted by Gasteiger charge is -2.15. The maximum absolute atomic E-state index is 3.37. The molecule has 0 saturated heterocycles. The first-order chi connectivity index (χ1) is 6.27. The van der Waals surface area contributed by atoms with E-state index in [1.807, 2.05) is 0 Å². The van der Waals surface area contributed by atoms with E-state index in [1.165, 1.54) is 16.8 Å². The Morgan fingerprint density at radius 2 is 2.15 bits per heavy atom. The molecule has 1 heteroatoms. The zero-order chi connectivity index (χ0) is 9.26. The van der Waals surface area contributed by atoms with Crippen molar-refractivity contribution in [2.45, 2.75) is 19.8 Å². The quantitative estimate of drug-likeness (QED) is 0.687. The molecule has 0 atom stereocenters. The molecule has 1 nitrogen and oxygen atoms in total. The molecule has 0 saturated carbocycles. The standard InChI is InChI=1S/C12H15N/c1-9(2)11-6-5-10-4-3-7-13-12(10)8-11/h3-6,8-9,13H,7H2,1-2H3. The summed E-state index contributed by atoms with van der Waals surface area (Å²) < 4.78 is 0. The predicted octanol–water partition coefficient (Wildman–Crippen LogP) is 3.25. The Bertz CT molecular complexity index is 337. The number of hydrogen-bond donors (Lipinski definition) is 1. The molecule has 0 aromatic heterocycles. The summed E-state index contributed by atoms with van der Waals surface area (Å²) in [5.74, 6) is 0.609. The molecule has 1 aliphatic heterocycles. The number of fused-ring (bicyclic) bond motifs is 1. The summed E-state index contributed by atoms with van der Waals surface area (Å²) in [4.78, 5) is 0. The first-order valence-corrected chi connectivity index (χ1v) is 4.82. The SMILES string of the molecule is CC(C)c1ccc2c(c1)NCC=C2. The van der Waals surface area contributed by atoms with Crippen molar-refractivity contribution in [1.29, 1.82) is 0 Å². The second-order valence-electron chi connectivity index (χ2n) is 3.78. The van der Waals surface area contributed by atoms with Crippen LogP contribution < -0.4 is 5.32 Å². The summed E-state index contributed by atoms with van der Waals surface area (Å²) in [5, 5.41) is 3.37. The van der Waals surface area contributed by atoms with E-state index in [-0.39, 0.29) is 0 Å². The average molecular weight is 173 g/mol. The van der Waals surface area contributed by atoms with Crippen LogP contribution in [0.1, 0.15) is 30.9 Å². The van der Waals surface area contributed by atoms with E-state index in [0.29, 0.717) is 5.92 Å². The molecule has 0 aliphatic carbocycles. The van der Waals surface area contributed by atoms with Crippen LogP contribution >= 0.6 is 0 Å². The minimum atomic E-state index is 0.609. The first kappa shape index (κ1) is 8.36. The van der Waals surface area contributed by atoms with Crippen molar-refractivity contribution in [1.82, 2.24) is 0 Å². The van der Waals surface area contributed by atoms with Gasteiger partial charge >= 0.3 is 0 Å². The number of rotatable bonds is 1. The molecule has 0 radical (unpaired) electrons. The zero-order valence-corrected chi connectivity index (χ0v) is 8.17. The van der Waals surface area contributed by atoms with Crippen LogP contribution in [-0.2, 0) is 0 Å². The molecule has 2 rings (SSSR count). The van der Waals surface area contributed by atoms with Crippen LogP contribution in [-0.4, -0.2) is 6.54 Å². The fraction of sp³-hybridized carbons (Fsp3) is 0.333. The third-order valence-electron chi connectivity index (χ3n) is 2.45. The summed E-state index contributed by atoms with van der Waals surface area (Å²) >= 11 is 0. The van der Waals surface area contributed by atoms with Gasteiger partial charge in [-0.15, -0.1) is 0 Å². The van der Waals surface area contributed by atoms with Crippen molar-refractivity contribution in [3.63, 3.8) is 0 Å². The lowest BCUT2D eigenvalue weighted by Crippen LogP contribution is -2.05. The van der Waals surface area contributed by atoms with Crippen molar-refractivity contribution in [3.8, 4) is 0 Å². The monoisotopic (exact) mass is 173 g/mol. The highest BCUT2D eigenvalue weighted by Crippen LogP contribution is 2.25. The second-order valence-corrected chi connectivity index (χ2v) is 3.78. The highest BCUT2D eigenvalue weighted by Gasteiger charge is 2.05. The van der Waals surface area contributed by atoms with Gasteiger partial charge in [0.2, 0.25) is 0 Å². The summed E-state index contributed by atoms with van der Waals surface area (Å²) in [6.07, 6.45) is 4.33. The van der Waals surface area contributed by atoms with Crippen LogP contribution in [0.3, 0.4) is 0 Å². The van der Waals surface area contributed by atoms with Gasteiger partial charge in [0.25, 0.3) is 0 Å². The molecule has 13 heavy (non-hydrogen) atoms. The molecule has 68 valence electrons. The fourth-order valence-corrected chi connectivity index (χ4v) is 1.59. The summed E-state index contributed by atoms with van der Waals surface area (Å²) in [5.41, 5.74) is 3.98. The number of nitrogens with one attached hydrogen (secondary N) is 1. The smallest absolute Gasteiger partial charge is 0.0419 e. The van der Waals surface area contributed by atoms with Crippen molar-refractivity contribution in [2.75, 3.05) is 11.9 Å². The molecule has 0 bridgehead atoms. The molecule has 0 fully saturated rings. The van der Waals surface area contributed by atoms with E-state index in [9.17, 15) is 0 Å². The summed E-state index contributed by atoms with van der Waals surface area (Å²) in [7, 11) is 0. The normalized spacial score (nSPS) is 14.1. The molecule has 0 spiro atoms. The van der Waals surface area contributed by atoms with E-state index in [4.69, 9.17) is 0 Å². The molecular weight excluding hydrogens is 158 g/mol. The Labute approximate surface area is 79.5 Å². The highest BCUT2D eigenvalue weighted by molar-refractivity contribution is 5.70. The Balaban J connectivity index is 2.42. The molecule has 0 unspecified atom stereocenters. The number of hydrogen-bond acceptors (Lipinski definition) is 1. The van der Waals surface area contributed by atoms with Crippen molar-refractivity contribution in [3.05, 3.63) is 35.4 Å². The van der Waals surface area contributed by atoms with Gasteiger partial charge in [-0.05, 0) is 23.1 Å². The zero-order valence-electron chi connectivity index (χ0n) is 8.17. The molecule has 1 aliphatic rings. The molecule has 1 aromatic rings. The first-order valence-electron chi connectivity index (χ1n) is 4.82. The molecule has 1 heterocycles. The lowest BCUT2D eigenvalue weighted by molar-refractivity contribution is 0.866. The maximum Gasteiger partial charge on any atom is 0.0419 e. The Hall–Kier alpha value is -1.24. The third-order valence-corrected chi connectivity index (χ3v) is 2.45.